The summed E-state index contributed by atoms with van der Waals surface area (Å²) in [5, 5.41) is 5.72. The molecule has 0 fully saturated rings. The highest BCUT2D eigenvalue weighted by Crippen LogP contribution is 2.22. The summed E-state index contributed by atoms with van der Waals surface area (Å²) in [5.41, 5.74) is 3.75. The van der Waals surface area contributed by atoms with Crippen molar-refractivity contribution in [3.63, 3.8) is 0 Å². The van der Waals surface area contributed by atoms with Crippen molar-refractivity contribution in [2.75, 3.05) is 5.32 Å². The first-order chi connectivity index (χ1) is 15.0. The molecule has 0 spiro atoms. The predicted octanol–water partition coefficient (Wildman–Crippen LogP) is 4.42. The fraction of sp³-hybridized carbons (Fsp3) is 0.240. The highest BCUT2D eigenvalue weighted by Gasteiger charge is 2.21. The van der Waals surface area contributed by atoms with Crippen molar-refractivity contribution >= 4 is 17.5 Å². The molecule has 0 saturated carbocycles. The van der Waals surface area contributed by atoms with Crippen LogP contribution in [0.2, 0.25) is 0 Å². The van der Waals surface area contributed by atoms with Crippen LogP contribution in [0.3, 0.4) is 0 Å². The molecule has 31 heavy (non-hydrogen) atoms. The van der Waals surface area contributed by atoms with Gasteiger partial charge >= 0.3 is 0 Å². The number of aromatic nitrogens is 1. The maximum Gasteiger partial charge on any atom is 0.265 e. The number of rotatable bonds is 8. The molecule has 0 aliphatic rings. The molecule has 0 bridgehead atoms. The highest BCUT2D eigenvalue weighted by molar-refractivity contribution is 6.04. The van der Waals surface area contributed by atoms with E-state index < -0.39 is 6.10 Å². The summed E-state index contributed by atoms with van der Waals surface area (Å²) in [6.45, 7) is 6.17. The maximum absolute atomic E-state index is 12.9. The third kappa shape index (κ3) is 5.92. The van der Waals surface area contributed by atoms with Crippen LogP contribution in [0.25, 0.3) is 0 Å². The standard InChI is InChI=1S/C25H27N3O3/c1-4-22(31-23-14-17(2)11-12-18(23)3)25(30)28-21-10-6-5-9-20(21)24(29)27-16-19-8-7-13-26-15-19/h5-15,22H,4,16H2,1-3H3,(H,27,29)(H,28,30)/t22-/m1/s1. The Labute approximate surface area is 182 Å². The molecule has 0 unspecified atom stereocenters. The Kier molecular flexibility index (Phi) is 7.38. The zero-order chi connectivity index (χ0) is 22.2. The molecule has 0 radical (unpaired) electrons. The number of aryl methyl sites for hydroxylation is 2. The minimum absolute atomic E-state index is 0.275. The SMILES string of the molecule is CC[C@@H](Oc1cc(C)ccc1C)C(=O)Nc1ccccc1C(=O)NCc1cccnc1. The number of nitrogens with one attached hydrogen (secondary N) is 2. The van der Waals surface area contributed by atoms with E-state index in [4.69, 9.17) is 4.74 Å². The number of hydrogen-bond acceptors (Lipinski definition) is 4. The Bertz CT molecular complexity index is 1050. The van der Waals surface area contributed by atoms with E-state index in [1.54, 1.807) is 36.7 Å². The lowest BCUT2D eigenvalue weighted by atomic mass is 10.1. The zero-order valence-electron chi connectivity index (χ0n) is 18.0. The first-order valence-electron chi connectivity index (χ1n) is 10.3. The van der Waals surface area contributed by atoms with Gasteiger partial charge in [-0.05, 0) is 61.2 Å². The van der Waals surface area contributed by atoms with E-state index in [1.807, 2.05) is 51.1 Å². The minimum atomic E-state index is -0.674. The summed E-state index contributed by atoms with van der Waals surface area (Å²) in [6, 6.07) is 16.5. The number of hydrogen-bond donors (Lipinski definition) is 2. The van der Waals surface area contributed by atoms with Gasteiger partial charge in [0.2, 0.25) is 0 Å². The fourth-order valence-corrected chi connectivity index (χ4v) is 3.09. The van der Waals surface area contributed by atoms with Crippen molar-refractivity contribution in [3.8, 4) is 5.75 Å². The molecule has 0 aliphatic carbocycles. The first kappa shape index (κ1) is 22.0. The van der Waals surface area contributed by atoms with Crippen LogP contribution in [0, 0.1) is 13.8 Å². The van der Waals surface area contributed by atoms with E-state index in [0.717, 1.165) is 16.7 Å². The Morgan fingerprint density at radius 3 is 2.61 bits per heavy atom. The number of pyridine rings is 1. The van der Waals surface area contributed by atoms with E-state index in [2.05, 4.69) is 15.6 Å². The number of ether oxygens (including phenoxy) is 1. The van der Waals surface area contributed by atoms with Gasteiger partial charge in [0.25, 0.3) is 11.8 Å². The predicted molar refractivity (Wildman–Crippen MR) is 121 cm³/mol. The van der Waals surface area contributed by atoms with Gasteiger partial charge in [0, 0.05) is 18.9 Å². The monoisotopic (exact) mass is 417 g/mol. The number of para-hydroxylation sites is 1. The zero-order valence-corrected chi connectivity index (χ0v) is 18.0. The van der Waals surface area contributed by atoms with Crippen LogP contribution < -0.4 is 15.4 Å². The lowest BCUT2D eigenvalue weighted by Gasteiger charge is -2.20. The molecule has 3 rings (SSSR count). The summed E-state index contributed by atoms with van der Waals surface area (Å²) in [4.78, 5) is 29.7. The minimum Gasteiger partial charge on any atom is -0.480 e. The second-order valence-corrected chi connectivity index (χ2v) is 7.36. The number of amides is 2. The molecule has 2 amide bonds. The van der Waals surface area contributed by atoms with E-state index in [-0.39, 0.29) is 11.8 Å². The summed E-state index contributed by atoms with van der Waals surface area (Å²) in [5.74, 6) is 0.115. The van der Waals surface area contributed by atoms with Gasteiger partial charge < -0.3 is 15.4 Å². The van der Waals surface area contributed by atoms with E-state index >= 15 is 0 Å². The molecule has 1 atom stereocenters. The number of carbonyl (C=O) groups is 2. The van der Waals surface area contributed by atoms with Gasteiger partial charge in [-0.15, -0.1) is 0 Å². The van der Waals surface area contributed by atoms with Gasteiger partial charge in [-0.1, -0.05) is 37.3 Å². The van der Waals surface area contributed by atoms with Gasteiger partial charge in [0.15, 0.2) is 6.10 Å². The van der Waals surface area contributed by atoms with Gasteiger partial charge in [0.1, 0.15) is 5.75 Å². The Hall–Kier alpha value is -3.67. The summed E-state index contributed by atoms with van der Waals surface area (Å²) in [7, 11) is 0. The van der Waals surface area contributed by atoms with Crippen molar-refractivity contribution in [3.05, 3.63) is 89.2 Å². The normalized spacial score (nSPS) is 11.5. The fourth-order valence-electron chi connectivity index (χ4n) is 3.09. The smallest absolute Gasteiger partial charge is 0.265 e. The average molecular weight is 418 g/mol. The Balaban J connectivity index is 1.70. The van der Waals surface area contributed by atoms with Crippen LogP contribution in [-0.2, 0) is 11.3 Å². The van der Waals surface area contributed by atoms with E-state index in [1.165, 1.54) is 0 Å². The molecule has 1 aromatic heterocycles. The Morgan fingerprint density at radius 2 is 1.87 bits per heavy atom. The number of anilines is 1. The molecule has 6 nitrogen and oxygen atoms in total. The number of nitrogens with zero attached hydrogens (tertiary/aromatic N) is 1. The van der Waals surface area contributed by atoms with Gasteiger partial charge in [-0.25, -0.2) is 0 Å². The third-order valence-electron chi connectivity index (χ3n) is 4.88. The van der Waals surface area contributed by atoms with Crippen LogP contribution in [-0.4, -0.2) is 22.9 Å². The topological polar surface area (TPSA) is 80.3 Å². The summed E-state index contributed by atoms with van der Waals surface area (Å²) < 4.78 is 6.00. The van der Waals surface area contributed by atoms with Crippen molar-refractivity contribution in [1.82, 2.24) is 10.3 Å². The van der Waals surface area contributed by atoms with Crippen LogP contribution in [0.1, 0.15) is 40.4 Å². The van der Waals surface area contributed by atoms with Gasteiger partial charge in [-0.3, -0.25) is 14.6 Å². The number of benzene rings is 2. The third-order valence-corrected chi connectivity index (χ3v) is 4.88. The molecule has 1 heterocycles. The molecule has 6 heteroatoms. The molecule has 0 aliphatic heterocycles. The molecular weight excluding hydrogens is 390 g/mol. The maximum atomic E-state index is 12.9. The van der Waals surface area contributed by atoms with Crippen molar-refractivity contribution in [2.24, 2.45) is 0 Å². The second kappa shape index (κ2) is 10.4. The largest absolute Gasteiger partial charge is 0.480 e. The van der Waals surface area contributed by atoms with Crippen LogP contribution in [0.5, 0.6) is 5.75 Å². The molecular formula is C25H27N3O3. The lowest BCUT2D eigenvalue weighted by Crippen LogP contribution is -2.33. The van der Waals surface area contributed by atoms with Gasteiger partial charge in [-0.2, -0.15) is 0 Å². The van der Waals surface area contributed by atoms with Crippen molar-refractivity contribution in [1.29, 1.82) is 0 Å². The highest BCUT2D eigenvalue weighted by atomic mass is 16.5. The molecule has 2 aromatic carbocycles. The lowest BCUT2D eigenvalue weighted by molar-refractivity contribution is -0.122. The summed E-state index contributed by atoms with van der Waals surface area (Å²) >= 11 is 0. The molecule has 0 saturated heterocycles. The van der Waals surface area contributed by atoms with E-state index in [0.29, 0.717) is 30.0 Å². The van der Waals surface area contributed by atoms with Crippen LogP contribution in [0.4, 0.5) is 5.69 Å². The van der Waals surface area contributed by atoms with Crippen LogP contribution >= 0.6 is 0 Å². The second-order valence-electron chi connectivity index (χ2n) is 7.36. The Morgan fingerprint density at radius 1 is 1.06 bits per heavy atom. The first-order valence-corrected chi connectivity index (χ1v) is 10.3. The summed E-state index contributed by atoms with van der Waals surface area (Å²) in [6.07, 6.45) is 3.20. The van der Waals surface area contributed by atoms with E-state index in [9.17, 15) is 9.59 Å². The molecule has 3 aromatic rings. The van der Waals surface area contributed by atoms with Crippen molar-refractivity contribution in [2.45, 2.75) is 39.8 Å². The quantitative estimate of drug-likeness (QED) is 0.568. The average Bonchev–Trinajstić information content (AvgIpc) is 2.79. The van der Waals surface area contributed by atoms with Crippen molar-refractivity contribution < 1.29 is 14.3 Å². The molecule has 160 valence electrons. The molecule has 2 N–H and O–H groups in total. The number of carbonyl (C=O) groups excluding carboxylic acids is 2. The van der Waals surface area contributed by atoms with Gasteiger partial charge in [0.05, 0.1) is 11.3 Å². The van der Waals surface area contributed by atoms with Crippen LogP contribution in [0.15, 0.2) is 67.0 Å².